The summed E-state index contributed by atoms with van der Waals surface area (Å²) in [7, 11) is 3.24. The molecule has 1 aliphatic rings. The van der Waals surface area contributed by atoms with Crippen LogP contribution in [0, 0.1) is 0 Å². The van der Waals surface area contributed by atoms with Gasteiger partial charge in [-0.05, 0) is 42.1 Å². The zero-order valence-electron chi connectivity index (χ0n) is 15.3. The molecule has 0 saturated heterocycles. The summed E-state index contributed by atoms with van der Waals surface area (Å²) in [5.74, 6) is 1.45. The van der Waals surface area contributed by atoms with Gasteiger partial charge < -0.3 is 14.4 Å². The predicted octanol–water partition coefficient (Wildman–Crippen LogP) is 3.67. The molecule has 7 heteroatoms. The second kappa shape index (κ2) is 7.44. The van der Waals surface area contributed by atoms with Crippen LogP contribution in [0.3, 0.4) is 0 Å². The molecule has 0 aliphatic carbocycles. The first-order valence-electron chi connectivity index (χ1n) is 8.81. The minimum Gasteiger partial charge on any atom is -0.493 e. The third-order valence-corrected chi connectivity index (χ3v) is 5.57. The molecule has 0 atom stereocenters. The molecule has 140 valence electrons. The molecule has 3 aromatic rings. The smallest absolute Gasteiger partial charge is 0.264 e. The lowest BCUT2D eigenvalue weighted by Crippen LogP contribution is -2.30. The van der Waals surface area contributed by atoms with Crippen molar-refractivity contribution in [1.29, 1.82) is 0 Å². The molecule has 0 N–H and O–H groups in total. The molecule has 0 fully saturated rings. The van der Waals surface area contributed by atoms with Crippen molar-refractivity contribution in [2.24, 2.45) is 0 Å². The van der Waals surface area contributed by atoms with Crippen molar-refractivity contribution in [3.8, 4) is 22.8 Å². The topological polar surface area (TPSA) is 56.6 Å². The Morgan fingerprint density at radius 2 is 1.96 bits per heavy atom. The number of aromatic nitrogens is 2. The van der Waals surface area contributed by atoms with Crippen molar-refractivity contribution in [1.82, 2.24) is 14.7 Å². The van der Waals surface area contributed by atoms with E-state index in [0.717, 1.165) is 41.3 Å². The maximum atomic E-state index is 12.7. The van der Waals surface area contributed by atoms with Crippen LogP contribution in [0.4, 0.5) is 0 Å². The number of hydrogen-bond donors (Lipinski definition) is 0. The minimum atomic E-state index is 0.0901. The summed E-state index contributed by atoms with van der Waals surface area (Å²) in [6.45, 7) is 2.11. The van der Waals surface area contributed by atoms with Gasteiger partial charge in [-0.15, -0.1) is 11.3 Å². The van der Waals surface area contributed by atoms with Crippen LogP contribution < -0.4 is 9.47 Å². The van der Waals surface area contributed by atoms with Crippen LogP contribution in [0.25, 0.3) is 11.3 Å². The number of methoxy groups -OCH3 is 2. The maximum absolute atomic E-state index is 12.7. The fourth-order valence-corrected chi connectivity index (χ4v) is 4.02. The number of thiophene rings is 1. The number of amides is 1. The maximum Gasteiger partial charge on any atom is 0.264 e. The summed E-state index contributed by atoms with van der Waals surface area (Å²) in [4.78, 5) is 15.4. The standard InChI is InChI=1S/C20H21N3O3S/c1-25-17-7-6-14(11-18(17)26-2)16-12-15-13-22(8-4-9-23(15)21-16)20(24)19-5-3-10-27-19/h3,5-7,10-12H,4,8-9,13H2,1-2H3. The average Bonchev–Trinajstić information content (AvgIpc) is 3.33. The summed E-state index contributed by atoms with van der Waals surface area (Å²) >= 11 is 1.48. The van der Waals surface area contributed by atoms with Crippen molar-refractivity contribution >= 4 is 17.2 Å². The molecule has 1 amide bonds. The fourth-order valence-electron chi connectivity index (χ4n) is 3.33. The zero-order chi connectivity index (χ0) is 18.8. The largest absolute Gasteiger partial charge is 0.493 e. The van der Waals surface area contributed by atoms with E-state index in [1.165, 1.54) is 11.3 Å². The van der Waals surface area contributed by atoms with E-state index in [0.29, 0.717) is 18.0 Å². The van der Waals surface area contributed by atoms with Crippen molar-refractivity contribution in [3.63, 3.8) is 0 Å². The average molecular weight is 383 g/mol. The molecule has 1 aliphatic heterocycles. The van der Waals surface area contributed by atoms with E-state index in [4.69, 9.17) is 14.6 Å². The van der Waals surface area contributed by atoms with Gasteiger partial charge in [-0.2, -0.15) is 5.10 Å². The number of carbonyl (C=O) groups is 1. The van der Waals surface area contributed by atoms with Crippen molar-refractivity contribution in [2.75, 3.05) is 20.8 Å². The first-order valence-corrected chi connectivity index (χ1v) is 9.69. The lowest BCUT2D eigenvalue weighted by molar-refractivity contribution is 0.0750. The Kier molecular flexibility index (Phi) is 4.85. The molecule has 0 radical (unpaired) electrons. The number of nitrogens with zero attached hydrogens (tertiary/aromatic N) is 3. The fraction of sp³-hybridized carbons (Fsp3) is 0.300. The van der Waals surface area contributed by atoms with Gasteiger partial charge in [0.05, 0.1) is 37.0 Å². The van der Waals surface area contributed by atoms with Crippen molar-refractivity contribution in [3.05, 3.63) is 52.3 Å². The molecule has 2 aromatic heterocycles. The van der Waals surface area contributed by atoms with Crippen LogP contribution in [0.1, 0.15) is 21.8 Å². The molecule has 3 heterocycles. The van der Waals surface area contributed by atoms with Crippen molar-refractivity contribution < 1.29 is 14.3 Å². The Labute approximate surface area is 161 Å². The number of rotatable bonds is 4. The van der Waals surface area contributed by atoms with Crippen molar-refractivity contribution in [2.45, 2.75) is 19.5 Å². The van der Waals surface area contributed by atoms with Gasteiger partial charge in [0, 0.05) is 18.7 Å². The molecule has 0 unspecified atom stereocenters. The van der Waals surface area contributed by atoms with E-state index in [1.54, 1.807) is 14.2 Å². The third kappa shape index (κ3) is 3.42. The number of hydrogen-bond acceptors (Lipinski definition) is 5. The third-order valence-electron chi connectivity index (χ3n) is 4.71. The van der Waals surface area contributed by atoms with Crippen LogP contribution in [0.5, 0.6) is 11.5 Å². The van der Waals surface area contributed by atoms with Crippen LogP contribution in [-0.4, -0.2) is 41.4 Å². The summed E-state index contributed by atoms with van der Waals surface area (Å²) < 4.78 is 12.7. The lowest BCUT2D eigenvalue weighted by atomic mass is 10.1. The molecular formula is C20H21N3O3S. The van der Waals surface area contributed by atoms with Gasteiger partial charge in [0.25, 0.3) is 5.91 Å². The Morgan fingerprint density at radius 3 is 2.70 bits per heavy atom. The van der Waals surface area contributed by atoms with E-state index in [9.17, 15) is 4.79 Å². The number of aryl methyl sites for hydroxylation is 1. The molecular weight excluding hydrogens is 362 g/mol. The highest BCUT2D eigenvalue weighted by molar-refractivity contribution is 7.12. The van der Waals surface area contributed by atoms with Gasteiger partial charge >= 0.3 is 0 Å². The van der Waals surface area contributed by atoms with Gasteiger partial charge in [0.2, 0.25) is 0 Å². The van der Waals surface area contributed by atoms with Crippen LogP contribution >= 0.6 is 11.3 Å². The summed E-state index contributed by atoms with van der Waals surface area (Å²) in [6, 6.07) is 11.6. The molecule has 4 rings (SSSR count). The highest BCUT2D eigenvalue weighted by atomic mass is 32.1. The van der Waals surface area contributed by atoms with Crippen LogP contribution in [0.2, 0.25) is 0 Å². The molecule has 27 heavy (non-hydrogen) atoms. The van der Waals surface area contributed by atoms with Gasteiger partial charge in [0.1, 0.15) is 0 Å². The number of carbonyl (C=O) groups excluding carboxylic acids is 1. The van der Waals surface area contributed by atoms with E-state index >= 15 is 0 Å². The predicted molar refractivity (Wildman–Crippen MR) is 104 cm³/mol. The monoisotopic (exact) mass is 383 g/mol. The summed E-state index contributed by atoms with van der Waals surface area (Å²) in [6.07, 6.45) is 0.886. The Hall–Kier alpha value is -2.80. The van der Waals surface area contributed by atoms with E-state index in [1.807, 2.05) is 45.3 Å². The second-order valence-corrected chi connectivity index (χ2v) is 7.32. The molecule has 0 saturated carbocycles. The molecule has 1 aromatic carbocycles. The first-order chi connectivity index (χ1) is 13.2. The Bertz CT molecular complexity index is 950. The number of fused-ring (bicyclic) bond motifs is 1. The van der Waals surface area contributed by atoms with Crippen LogP contribution in [-0.2, 0) is 13.1 Å². The number of ether oxygens (including phenoxy) is 2. The summed E-state index contributed by atoms with van der Waals surface area (Å²) in [5, 5.41) is 6.69. The highest BCUT2D eigenvalue weighted by Crippen LogP contribution is 2.32. The van der Waals surface area contributed by atoms with Gasteiger partial charge in [-0.1, -0.05) is 6.07 Å². The SMILES string of the molecule is COc1ccc(-c2cc3n(n2)CCCN(C(=O)c2cccs2)C3)cc1OC. The normalized spacial score (nSPS) is 13.8. The molecule has 0 bridgehead atoms. The second-order valence-electron chi connectivity index (χ2n) is 6.37. The minimum absolute atomic E-state index is 0.0901. The highest BCUT2D eigenvalue weighted by Gasteiger charge is 2.22. The Balaban J connectivity index is 1.62. The van der Waals surface area contributed by atoms with E-state index < -0.39 is 0 Å². The number of benzene rings is 1. The zero-order valence-corrected chi connectivity index (χ0v) is 16.2. The van der Waals surface area contributed by atoms with Crippen LogP contribution in [0.15, 0.2) is 41.8 Å². The van der Waals surface area contributed by atoms with Gasteiger partial charge in [-0.3, -0.25) is 9.48 Å². The molecule has 0 spiro atoms. The summed E-state index contributed by atoms with van der Waals surface area (Å²) in [5.41, 5.74) is 2.88. The quantitative estimate of drug-likeness (QED) is 0.690. The molecule has 6 nitrogen and oxygen atoms in total. The van der Waals surface area contributed by atoms with E-state index in [2.05, 4.69) is 6.07 Å². The Morgan fingerprint density at radius 1 is 1.11 bits per heavy atom. The van der Waals surface area contributed by atoms with Gasteiger partial charge in [0.15, 0.2) is 11.5 Å². The van der Waals surface area contributed by atoms with Gasteiger partial charge in [-0.25, -0.2) is 0 Å². The first kappa shape index (κ1) is 17.6. The lowest BCUT2D eigenvalue weighted by Gasteiger charge is -2.19. The van der Waals surface area contributed by atoms with E-state index in [-0.39, 0.29) is 5.91 Å².